The van der Waals surface area contributed by atoms with Gasteiger partial charge >= 0.3 is 0 Å². The maximum atomic E-state index is 5.87. The van der Waals surface area contributed by atoms with Crippen molar-refractivity contribution in [2.45, 2.75) is 18.6 Å². The number of hydrogen-bond acceptors (Lipinski definition) is 5. The van der Waals surface area contributed by atoms with E-state index in [2.05, 4.69) is 29.3 Å². The van der Waals surface area contributed by atoms with Gasteiger partial charge in [-0.25, -0.2) is 0 Å². The Labute approximate surface area is 150 Å². The third kappa shape index (κ3) is 4.52. The number of aromatic nitrogens is 2. The van der Waals surface area contributed by atoms with Gasteiger partial charge in [0.2, 0.25) is 5.89 Å². The molecule has 0 fully saturated rings. The van der Waals surface area contributed by atoms with E-state index in [-0.39, 0.29) is 0 Å². The highest BCUT2D eigenvalue weighted by molar-refractivity contribution is 7.99. The minimum absolute atomic E-state index is 0.491. The standard InChI is InChI=1S/C18H17ClN2O2S/c1-2-13-4-3-5-16(12-13)22-10-11-24-18-21-20-17(23-18)14-6-8-15(19)9-7-14/h3-9,12H,2,10-11H2,1H3. The van der Waals surface area contributed by atoms with Crippen LogP contribution in [0.5, 0.6) is 5.75 Å². The Balaban J connectivity index is 1.49. The van der Waals surface area contributed by atoms with Crippen LogP contribution in [0.2, 0.25) is 5.02 Å². The third-order valence-electron chi connectivity index (χ3n) is 3.38. The van der Waals surface area contributed by atoms with Crippen molar-refractivity contribution in [3.63, 3.8) is 0 Å². The maximum Gasteiger partial charge on any atom is 0.276 e. The Hall–Kier alpha value is -1.98. The lowest BCUT2D eigenvalue weighted by molar-refractivity contribution is 0.343. The summed E-state index contributed by atoms with van der Waals surface area (Å²) < 4.78 is 11.4. The summed E-state index contributed by atoms with van der Waals surface area (Å²) in [5.41, 5.74) is 2.12. The molecule has 3 rings (SSSR count). The van der Waals surface area contributed by atoms with E-state index in [1.807, 2.05) is 24.3 Å². The Morgan fingerprint density at radius 3 is 2.75 bits per heavy atom. The van der Waals surface area contributed by atoms with E-state index in [0.717, 1.165) is 23.5 Å². The van der Waals surface area contributed by atoms with E-state index in [4.69, 9.17) is 20.8 Å². The first-order valence-corrected chi connectivity index (χ1v) is 9.05. The van der Waals surface area contributed by atoms with Crippen LogP contribution in [-0.4, -0.2) is 22.6 Å². The van der Waals surface area contributed by atoms with E-state index in [0.29, 0.717) is 22.7 Å². The zero-order valence-electron chi connectivity index (χ0n) is 13.2. The quantitative estimate of drug-likeness (QED) is 0.432. The molecule has 0 spiro atoms. The Bertz CT molecular complexity index is 790. The highest BCUT2D eigenvalue weighted by atomic mass is 35.5. The number of ether oxygens (including phenoxy) is 1. The molecule has 2 aromatic carbocycles. The minimum Gasteiger partial charge on any atom is -0.493 e. The molecule has 0 aliphatic rings. The van der Waals surface area contributed by atoms with E-state index < -0.39 is 0 Å². The predicted molar refractivity (Wildman–Crippen MR) is 96.8 cm³/mol. The summed E-state index contributed by atoms with van der Waals surface area (Å²) in [6.45, 7) is 2.71. The normalized spacial score (nSPS) is 10.8. The summed E-state index contributed by atoms with van der Waals surface area (Å²) in [5, 5.41) is 9.31. The summed E-state index contributed by atoms with van der Waals surface area (Å²) in [7, 11) is 0. The van der Waals surface area contributed by atoms with Gasteiger partial charge in [-0.2, -0.15) is 0 Å². The maximum absolute atomic E-state index is 5.87. The molecule has 0 N–H and O–H groups in total. The van der Waals surface area contributed by atoms with Gasteiger partial charge in [0.1, 0.15) is 5.75 Å². The van der Waals surface area contributed by atoms with Gasteiger partial charge in [0, 0.05) is 16.3 Å². The lowest BCUT2D eigenvalue weighted by Crippen LogP contribution is -2.00. The second-order valence-corrected chi connectivity index (χ2v) is 6.56. The van der Waals surface area contributed by atoms with Crippen molar-refractivity contribution in [1.82, 2.24) is 10.2 Å². The molecule has 4 nitrogen and oxygen atoms in total. The van der Waals surface area contributed by atoms with Crippen molar-refractivity contribution in [2.75, 3.05) is 12.4 Å². The fourth-order valence-electron chi connectivity index (χ4n) is 2.12. The van der Waals surface area contributed by atoms with Crippen LogP contribution in [0.15, 0.2) is 58.2 Å². The molecule has 6 heteroatoms. The molecule has 0 unspecified atom stereocenters. The van der Waals surface area contributed by atoms with Crippen LogP contribution in [0.4, 0.5) is 0 Å². The molecule has 0 amide bonds. The lowest BCUT2D eigenvalue weighted by atomic mass is 10.2. The molecule has 1 heterocycles. The van der Waals surface area contributed by atoms with Crippen molar-refractivity contribution in [3.05, 3.63) is 59.1 Å². The molecular weight excluding hydrogens is 344 g/mol. The van der Waals surface area contributed by atoms with E-state index >= 15 is 0 Å². The van der Waals surface area contributed by atoms with Crippen LogP contribution < -0.4 is 4.74 Å². The summed E-state index contributed by atoms with van der Waals surface area (Å²) >= 11 is 7.35. The number of benzene rings is 2. The minimum atomic E-state index is 0.491. The molecule has 1 aromatic heterocycles. The van der Waals surface area contributed by atoms with Crippen LogP contribution in [0.25, 0.3) is 11.5 Å². The summed E-state index contributed by atoms with van der Waals surface area (Å²) in [5.74, 6) is 2.12. The first kappa shape index (κ1) is 16.9. The highest BCUT2D eigenvalue weighted by Gasteiger charge is 2.09. The molecule has 124 valence electrons. The third-order valence-corrected chi connectivity index (χ3v) is 4.42. The van der Waals surface area contributed by atoms with Crippen molar-refractivity contribution >= 4 is 23.4 Å². The van der Waals surface area contributed by atoms with Crippen LogP contribution >= 0.6 is 23.4 Å². The number of halogens is 1. The highest BCUT2D eigenvalue weighted by Crippen LogP contribution is 2.24. The molecule has 0 bridgehead atoms. The van der Waals surface area contributed by atoms with Crippen LogP contribution in [0.3, 0.4) is 0 Å². The number of thioether (sulfide) groups is 1. The smallest absolute Gasteiger partial charge is 0.276 e. The summed E-state index contributed by atoms with van der Waals surface area (Å²) in [6, 6.07) is 15.4. The van der Waals surface area contributed by atoms with Crippen LogP contribution in [-0.2, 0) is 6.42 Å². The second-order valence-electron chi connectivity index (χ2n) is 5.08. The topological polar surface area (TPSA) is 48.2 Å². The number of hydrogen-bond donors (Lipinski definition) is 0. The number of aryl methyl sites for hydroxylation is 1. The van der Waals surface area contributed by atoms with Gasteiger partial charge in [0.05, 0.1) is 6.61 Å². The number of rotatable bonds is 7. The van der Waals surface area contributed by atoms with Crippen molar-refractivity contribution < 1.29 is 9.15 Å². The predicted octanol–water partition coefficient (Wildman–Crippen LogP) is 5.12. The van der Waals surface area contributed by atoms with Crippen molar-refractivity contribution in [1.29, 1.82) is 0 Å². The molecule has 0 aliphatic heterocycles. The zero-order valence-corrected chi connectivity index (χ0v) is 14.8. The molecule has 0 aliphatic carbocycles. The van der Waals surface area contributed by atoms with E-state index in [9.17, 15) is 0 Å². The van der Waals surface area contributed by atoms with Crippen molar-refractivity contribution in [3.8, 4) is 17.2 Å². The molecule has 24 heavy (non-hydrogen) atoms. The Morgan fingerprint density at radius 2 is 1.96 bits per heavy atom. The van der Waals surface area contributed by atoms with E-state index in [1.54, 1.807) is 12.1 Å². The fraction of sp³-hybridized carbons (Fsp3) is 0.222. The Morgan fingerprint density at radius 1 is 1.12 bits per heavy atom. The molecule has 0 saturated heterocycles. The summed E-state index contributed by atoms with van der Waals surface area (Å²) in [6.07, 6.45) is 1.00. The largest absolute Gasteiger partial charge is 0.493 e. The van der Waals surface area contributed by atoms with Gasteiger partial charge in [-0.05, 0) is 48.4 Å². The van der Waals surface area contributed by atoms with Gasteiger partial charge < -0.3 is 9.15 Å². The average molecular weight is 361 g/mol. The van der Waals surface area contributed by atoms with Gasteiger partial charge in [-0.15, -0.1) is 10.2 Å². The first-order valence-electron chi connectivity index (χ1n) is 7.68. The lowest BCUT2D eigenvalue weighted by Gasteiger charge is -2.06. The molecular formula is C18H17ClN2O2S. The molecule has 0 saturated carbocycles. The Kier molecular flexibility index (Phi) is 5.77. The van der Waals surface area contributed by atoms with Crippen molar-refractivity contribution in [2.24, 2.45) is 0 Å². The van der Waals surface area contributed by atoms with Gasteiger partial charge in [0.15, 0.2) is 0 Å². The van der Waals surface area contributed by atoms with Gasteiger partial charge in [0.25, 0.3) is 5.22 Å². The zero-order chi connectivity index (χ0) is 16.8. The van der Waals surface area contributed by atoms with E-state index in [1.165, 1.54) is 17.3 Å². The average Bonchev–Trinajstić information content (AvgIpc) is 3.08. The molecule has 3 aromatic rings. The first-order chi connectivity index (χ1) is 11.7. The molecule has 0 radical (unpaired) electrons. The molecule has 0 atom stereocenters. The fourth-order valence-corrected chi connectivity index (χ4v) is 2.82. The summed E-state index contributed by atoms with van der Waals surface area (Å²) in [4.78, 5) is 0. The second kappa shape index (κ2) is 8.22. The monoisotopic (exact) mass is 360 g/mol. The number of nitrogens with zero attached hydrogens (tertiary/aromatic N) is 2. The van der Waals surface area contributed by atoms with Gasteiger partial charge in [-0.3, -0.25) is 0 Å². The van der Waals surface area contributed by atoms with Crippen LogP contribution in [0.1, 0.15) is 12.5 Å². The van der Waals surface area contributed by atoms with Crippen LogP contribution in [0, 0.1) is 0 Å². The SMILES string of the molecule is CCc1cccc(OCCSc2nnc(-c3ccc(Cl)cc3)o2)c1. The van der Waals surface area contributed by atoms with Gasteiger partial charge in [-0.1, -0.05) is 42.4 Å².